The van der Waals surface area contributed by atoms with Gasteiger partial charge < -0.3 is 4.98 Å². The molecule has 0 aliphatic carbocycles. The summed E-state index contributed by atoms with van der Waals surface area (Å²) in [7, 11) is 0. The number of H-pyrrole nitrogens is 1. The summed E-state index contributed by atoms with van der Waals surface area (Å²) in [5, 5.41) is 10.6. The van der Waals surface area contributed by atoms with Crippen molar-refractivity contribution >= 4 is 10.9 Å². The third-order valence-electron chi connectivity index (χ3n) is 5.75. The first-order chi connectivity index (χ1) is 12.7. The van der Waals surface area contributed by atoms with E-state index >= 15 is 0 Å². The molecule has 0 spiro atoms. The largest absolute Gasteiger partial charge is 0.361 e. The molecule has 132 valence electrons. The summed E-state index contributed by atoms with van der Waals surface area (Å²) < 4.78 is 0. The van der Waals surface area contributed by atoms with Gasteiger partial charge in [0.2, 0.25) is 0 Å². The molecule has 3 aromatic rings. The van der Waals surface area contributed by atoms with Gasteiger partial charge in [-0.25, -0.2) is 0 Å². The lowest BCUT2D eigenvalue weighted by Gasteiger charge is -2.36. The summed E-state index contributed by atoms with van der Waals surface area (Å²) in [6, 6.07) is 15.3. The molecular weight excluding hydrogens is 318 g/mol. The van der Waals surface area contributed by atoms with Gasteiger partial charge in [0, 0.05) is 29.7 Å². The number of rotatable bonds is 3. The number of aryl methyl sites for hydroxylation is 2. The number of likely N-dealkylation sites (tertiary alicyclic amines) is 1. The van der Waals surface area contributed by atoms with E-state index in [9.17, 15) is 5.26 Å². The molecule has 0 radical (unpaired) electrons. The molecule has 1 aliphatic rings. The molecule has 2 heterocycles. The van der Waals surface area contributed by atoms with Crippen LogP contribution < -0.4 is 0 Å². The number of aromatic amines is 1. The smallest absolute Gasteiger partial charge is 0.0991 e. The van der Waals surface area contributed by atoms with Crippen LogP contribution in [-0.4, -0.2) is 16.4 Å². The average molecular weight is 343 g/mol. The van der Waals surface area contributed by atoms with Gasteiger partial charge in [-0.3, -0.25) is 4.90 Å². The zero-order chi connectivity index (χ0) is 18.1. The lowest BCUT2D eigenvalue weighted by molar-refractivity contribution is 0.141. The minimum Gasteiger partial charge on any atom is -0.361 e. The number of aromatic nitrogens is 1. The molecule has 3 heteroatoms. The fraction of sp³-hybridized carbons (Fsp3) is 0.348. The van der Waals surface area contributed by atoms with Gasteiger partial charge >= 0.3 is 0 Å². The Morgan fingerprint density at radius 1 is 1.15 bits per heavy atom. The van der Waals surface area contributed by atoms with Crippen LogP contribution in [0.15, 0.2) is 42.6 Å². The van der Waals surface area contributed by atoms with Crippen molar-refractivity contribution in [3.63, 3.8) is 0 Å². The van der Waals surface area contributed by atoms with E-state index in [2.05, 4.69) is 54.1 Å². The Kier molecular flexibility index (Phi) is 4.53. The van der Waals surface area contributed by atoms with Crippen LogP contribution in [0.25, 0.3) is 10.9 Å². The molecule has 1 aliphatic heterocycles. The summed E-state index contributed by atoms with van der Waals surface area (Å²) in [5.74, 6) is 0. The second-order valence-corrected chi connectivity index (χ2v) is 7.47. The first-order valence-corrected chi connectivity index (χ1v) is 9.47. The Bertz CT molecular complexity index is 977. The molecule has 1 unspecified atom stereocenters. The van der Waals surface area contributed by atoms with Gasteiger partial charge in [-0.15, -0.1) is 0 Å². The molecular formula is C23H25N3. The van der Waals surface area contributed by atoms with Gasteiger partial charge in [0.1, 0.15) is 0 Å². The molecule has 1 saturated heterocycles. The zero-order valence-corrected chi connectivity index (χ0v) is 15.5. The number of fused-ring (bicyclic) bond motifs is 1. The monoisotopic (exact) mass is 343 g/mol. The Balaban J connectivity index is 1.70. The van der Waals surface area contributed by atoms with E-state index in [0.717, 1.165) is 25.1 Å². The van der Waals surface area contributed by atoms with Crippen molar-refractivity contribution in [2.24, 2.45) is 0 Å². The van der Waals surface area contributed by atoms with Crippen molar-refractivity contribution in [1.82, 2.24) is 9.88 Å². The number of hydrogen-bond donors (Lipinski definition) is 1. The fourth-order valence-electron chi connectivity index (χ4n) is 4.43. The van der Waals surface area contributed by atoms with E-state index in [1.54, 1.807) is 0 Å². The minimum absolute atomic E-state index is 0.395. The van der Waals surface area contributed by atoms with Gasteiger partial charge in [0.05, 0.1) is 11.6 Å². The molecule has 0 amide bonds. The highest BCUT2D eigenvalue weighted by Crippen LogP contribution is 2.35. The highest BCUT2D eigenvalue weighted by atomic mass is 15.2. The molecule has 1 aromatic heterocycles. The quantitative estimate of drug-likeness (QED) is 0.693. The molecule has 4 rings (SSSR count). The van der Waals surface area contributed by atoms with Crippen LogP contribution >= 0.6 is 0 Å². The first kappa shape index (κ1) is 16.9. The predicted octanol–water partition coefficient (Wildman–Crippen LogP) is 5.38. The summed E-state index contributed by atoms with van der Waals surface area (Å²) in [5.41, 5.74) is 7.39. The molecule has 1 atom stereocenters. The van der Waals surface area contributed by atoms with E-state index in [4.69, 9.17) is 0 Å². The molecule has 2 aromatic carbocycles. The number of benzene rings is 2. The normalized spacial score (nSPS) is 18.1. The Morgan fingerprint density at radius 3 is 2.88 bits per heavy atom. The number of nitriles is 1. The zero-order valence-electron chi connectivity index (χ0n) is 15.5. The van der Waals surface area contributed by atoms with Crippen molar-refractivity contribution in [2.75, 3.05) is 6.54 Å². The van der Waals surface area contributed by atoms with Crippen molar-refractivity contribution in [3.8, 4) is 6.07 Å². The maximum Gasteiger partial charge on any atom is 0.0991 e. The van der Waals surface area contributed by atoms with Gasteiger partial charge in [-0.1, -0.05) is 24.6 Å². The molecule has 3 nitrogen and oxygen atoms in total. The van der Waals surface area contributed by atoms with Gasteiger partial charge in [0.15, 0.2) is 0 Å². The highest BCUT2D eigenvalue weighted by molar-refractivity contribution is 5.86. The average Bonchev–Trinajstić information content (AvgIpc) is 3.16. The topological polar surface area (TPSA) is 42.8 Å². The second kappa shape index (κ2) is 6.97. The molecule has 0 saturated carbocycles. The van der Waals surface area contributed by atoms with Crippen LogP contribution in [-0.2, 0) is 6.54 Å². The third-order valence-corrected chi connectivity index (χ3v) is 5.75. The second-order valence-electron chi connectivity index (χ2n) is 7.47. The minimum atomic E-state index is 0.395. The number of nitrogens with one attached hydrogen (secondary N) is 1. The van der Waals surface area contributed by atoms with Crippen LogP contribution in [0.2, 0.25) is 0 Å². The summed E-state index contributed by atoms with van der Waals surface area (Å²) in [6.45, 7) is 6.47. The maximum absolute atomic E-state index is 9.25. The van der Waals surface area contributed by atoms with E-state index in [1.165, 1.54) is 46.0 Å². The van der Waals surface area contributed by atoms with Crippen molar-refractivity contribution in [2.45, 2.75) is 45.7 Å². The van der Waals surface area contributed by atoms with E-state index in [1.807, 2.05) is 18.3 Å². The maximum atomic E-state index is 9.25. The van der Waals surface area contributed by atoms with E-state index in [0.29, 0.717) is 6.04 Å². The van der Waals surface area contributed by atoms with Crippen LogP contribution in [0.5, 0.6) is 0 Å². The SMILES string of the molecule is Cc1cc(C)c2[nH]ccc2c1CN1CCCCC1c1cccc(C#N)c1. The Labute approximate surface area is 155 Å². The predicted molar refractivity (Wildman–Crippen MR) is 106 cm³/mol. The van der Waals surface area contributed by atoms with Crippen LogP contribution in [0.1, 0.15) is 53.1 Å². The van der Waals surface area contributed by atoms with E-state index < -0.39 is 0 Å². The van der Waals surface area contributed by atoms with Crippen LogP contribution in [0, 0.1) is 25.2 Å². The van der Waals surface area contributed by atoms with Gasteiger partial charge in [-0.2, -0.15) is 5.26 Å². The number of nitrogens with zero attached hydrogens (tertiary/aromatic N) is 2. The third kappa shape index (κ3) is 3.02. The van der Waals surface area contributed by atoms with Gasteiger partial charge in [0.25, 0.3) is 0 Å². The summed E-state index contributed by atoms with van der Waals surface area (Å²) in [4.78, 5) is 6.00. The lowest BCUT2D eigenvalue weighted by Crippen LogP contribution is -2.33. The van der Waals surface area contributed by atoms with Crippen molar-refractivity contribution in [1.29, 1.82) is 5.26 Å². The Morgan fingerprint density at radius 2 is 2.04 bits per heavy atom. The standard InChI is InChI=1S/C23H25N3/c1-16-12-17(2)23-20(9-10-25-23)21(16)15-26-11-4-3-8-22(26)19-7-5-6-18(13-19)14-24/h5-7,9-10,12-13,22,25H,3-4,8,11,15H2,1-2H3. The summed E-state index contributed by atoms with van der Waals surface area (Å²) in [6.07, 6.45) is 5.71. The number of piperidine rings is 1. The van der Waals surface area contributed by atoms with Crippen molar-refractivity contribution < 1.29 is 0 Å². The molecule has 1 N–H and O–H groups in total. The fourth-order valence-corrected chi connectivity index (χ4v) is 4.43. The molecule has 1 fully saturated rings. The lowest BCUT2D eigenvalue weighted by atomic mass is 9.92. The van der Waals surface area contributed by atoms with Crippen LogP contribution in [0.3, 0.4) is 0 Å². The van der Waals surface area contributed by atoms with Gasteiger partial charge in [-0.05, 0) is 73.7 Å². The van der Waals surface area contributed by atoms with Crippen molar-refractivity contribution in [3.05, 3.63) is 70.4 Å². The molecule has 26 heavy (non-hydrogen) atoms. The highest BCUT2D eigenvalue weighted by Gasteiger charge is 2.25. The molecule has 0 bridgehead atoms. The summed E-state index contributed by atoms with van der Waals surface area (Å²) >= 11 is 0. The first-order valence-electron chi connectivity index (χ1n) is 9.47. The number of hydrogen-bond acceptors (Lipinski definition) is 2. The Hall–Kier alpha value is -2.57. The van der Waals surface area contributed by atoms with Crippen LogP contribution in [0.4, 0.5) is 0 Å². The van der Waals surface area contributed by atoms with E-state index in [-0.39, 0.29) is 0 Å².